The molecule has 0 aromatic carbocycles. The topological polar surface area (TPSA) is 26.3 Å². The van der Waals surface area contributed by atoms with E-state index in [0.29, 0.717) is 0 Å². The van der Waals surface area contributed by atoms with Gasteiger partial charge >= 0.3 is 5.97 Å². The highest BCUT2D eigenvalue weighted by Gasteiger charge is 2.31. The molecule has 0 spiro atoms. The lowest BCUT2D eigenvalue weighted by Crippen LogP contribution is -2.36. The molecule has 0 amide bonds. The Hall–Kier alpha value is -0.500. The van der Waals surface area contributed by atoms with Gasteiger partial charge in [0.15, 0.2) is 0 Å². The molecule has 68 valence electrons. The van der Waals surface area contributed by atoms with Crippen LogP contribution in [-0.4, -0.2) is 17.5 Å². The third kappa shape index (κ3) is 1.81. The van der Waals surface area contributed by atoms with Crippen LogP contribution in [0.2, 0.25) is 0 Å². The zero-order valence-electron chi connectivity index (χ0n) is 7.50. The van der Waals surface area contributed by atoms with Crippen LogP contribution in [0.3, 0.4) is 0 Å². The number of carbonyl (C=O) groups is 1. The fourth-order valence-corrected chi connectivity index (χ4v) is 1.63. The van der Waals surface area contributed by atoms with Gasteiger partial charge in [0.1, 0.15) is 6.10 Å². The summed E-state index contributed by atoms with van der Waals surface area (Å²) in [6.45, 7) is 5.84. The second-order valence-electron chi connectivity index (χ2n) is 3.44. The monoisotopic (exact) mass is 188 g/mol. The van der Waals surface area contributed by atoms with Crippen molar-refractivity contribution in [3.63, 3.8) is 0 Å². The molecule has 1 aliphatic heterocycles. The van der Waals surface area contributed by atoms with Crippen LogP contribution in [0.15, 0.2) is 11.6 Å². The first-order valence-corrected chi connectivity index (χ1v) is 4.49. The molecule has 1 rings (SSSR count). The Morgan fingerprint density at radius 1 is 1.58 bits per heavy atom. The summed E-state index contributed by atoms with van der Waals surface area (Å²) in [5.41, 5.74) is 0.895. The van der Waals surface area contributed by atoms with Crippen molar-refractivity contribution in [2.24, 2.45) is 5.92 Å². The SMILES string of the molecule is CC1=CC(=O)O[C@@H](C(C)C)[C@H]1Cl. The maximum atomic E-state index is 11.0. The molecule has 0 saturated heterocycles. The Labute approximate surface area is 77.5 Å². The first-order chi connectivity index (χ1) is 5.52. The molecule has 0 aromatic heterocycles. The molecule has 1 heterocycles. The molecule has 0 unspecified atom stereocenters. The smallest absolute Gasteiger partial charge is 0.331 e. The molecule has 0 saturated carbocycles. The van der Waals surface area contributed by atoms with E-state index in [1.807, 2.05) is 20.8 Å². The van der Waals surface area contributed by atoms with Gasteiger partial charge in [-0.3, -0.25) is 0 Å². The molecule has 2 atom stereocenters. The van der Waals surface area contributed by atoms with Crippen LogP contribution in [-0.2, 0) is 9.53 Å². The molecule has 0 aromatic rings. The van der Waals surface area contributed by atoms with Crippen molar-refractivity contribution in [2.75, 3.05) is 0 Å². The first kappa shape index (κ1) is 9.59. The van der Waals surface area contributed by atoms with Crippen molar-refractivity contribution in [1.29, 1.82) is 0 Å². The number of ether oxygens (including phenoxy) is 1. The average Bonchev–Trinajstić information content (AvgIpc) is 1.96. The summed E-state index contributed by atoms with van der Waals surface area (Å²) in [6.07, 6.45) is 1.28. The summed E-state index contributed by atoms with van der Waals surface area (Å²) in [7, 11) is 0. The Kier molecular flexibility index (Phi) is 2.78. The minimum absolute atomic E-state index is 0.164. The zero-order valence-corrected chi connectivity index (χ0v) is 8.26. The van der Waals surface area contributed by atoms with E-state index < -0.39 is 0 Å². The maximum absolute atomic E-state index is 11.0. The Morgan fingerprint density at radius 2 is 2.17 bits per heavy atom. The van der Waals surface area contributed by atoms with Crippen molar-refractivity contribution in [2.45, 2.75) is 32.3 Å². The van der Waals surface area contributed by atoms with Crippen LogP contribution in [0.25, 0.3) is 0 Å². The van der Waals surface area contributed by atoms with Crippen molar-refractivity contribution < 1.29 is 9.53 Å². The van der Waals surface area contributed by atoms with Gasteiger partial charge in [0.25, 0.3) is 0 Å². The Balaban J connectivity index is 2.81. The summed E-state index contributed by atoms with van der Waals surface area (Å²) >= 11 is 6.05. The molecule has 0 N–H and O–H groups in total. The van der Waals surface area contributed by atoms with Crippen LogP contribution in [0.5, 0.6) is 0 Å². The number of hydrogen-bond donors (Lipinski definition) is 0. The number of esters is 1. The molecule has 12 heavy (non-hydrogen) atoms. The highest BCUT2D eigenvalue weighted by molar-refractivity contribution is 6.23. The van der Waals surface area contributed by atoms with Crippen molar-refractivity contribution in [3.05, 3.63) is 11.6 Å². The summed E-state index contributed by atoms with van der Waals surface area (Å²) < 4.78 is 5.08. The number of rotatable bonds is 1. The van der Waals surface area contributed by atoms with Crippen molar-refractivity contribution in [1.82, 2.24) is 0 Å². The minimum Gasteiger partial charge on any atom is -0.457 e. The number of halogens is 1. The highest BCUT2D eigenvalue weighted by atomic mass is 35.5. The first-order valence-electron chi connectivity index (χ1n) is 4.05. The van der Waals surface area contributed by atoms with E-state index in [1.54, 1.807) is 0 Å². The summed E-state index contributed by atoms with van der Waals surface area (Å²) in [5.74, 6) is -0.0109. The molecule has 2 nitrogen and oxygen atoms in total. The molecule has 0 fully saturated rings. The number of cyclic esters (lactones) is 1. The Morgan fingerprint density at radius 3 is 2.67 bits per heavy atom. The van der Waals surface area contributed by atoms with E-state index in [2.05, 4.69) is 0 Å². The van der Waals surface area contributed by atoms with Gasteiger partial charge in [-0.15, -0.1) is 11.6 Å². The fraction of sp³-hybridized carbons (Fsp3) is 0.667. The lowest BCUT2D eigenvalue weighted by molar-refractivity contribution is -0.146. The predicted molar refractivity (Wildman–Crippen MR) is 48.1 cm³/mol. The highest BCUT2D eigenvalue weighted by Crippen LogP contribution is 2.26. The van der Waals surface area contributed by atoms with E-state index in [4.69, 9.17) is 16.3 Å². The largest absolute Gasteiger partial charge is 0.457 e. The lowest BCUT2D eigenvalue weighted by atomic mass is 9.97. The van der Waals surface area contributed by atoms with E-state index in [1.165, 1.54) is 6.08 Å². The third-order valence-electron chi connectivity index (χ3n) is 1.98. The van der Waals surface area contributed by atoms with Crippen LogP contribution >= 0.6 is 11.6 Å². The minimum atomic E-state index is -0.275. The van der Waals surface area contributed by atoms with Gasteiger partial charge in [-0.1, -0.05) is 13.8 Å². The molecule has 0 radical (unpaired) electrons. The van der Waals surface area contributed by atoms with E-state index in [-0.39, 0.29) is 23.4 Å². The van der Waals surface area contributed by atoms with Gasteiger partial charge in [0.2, 0.25) is 0 Å². The quantitative estimate of drug-likeness (QED) is 0.466. The second kappa shape index (κ2) is 3.48. The van der Waals surface area contributed by atoms with Crippen LogP contribution < -0.4 is 0 Å². The van der Waals surface area contributed by atoms with Gasteiger partial charge in [-0.25, -0.2) is 4.79 Å². The molecule has 0 bridgehead atoms. The Bertz CT molecular complexity index is 221. The second-order valence-corrected chi connectivity index (χ2v) is 3.91. The summed E-state index contributed by atoms with van der Waals surface area (Å²) in [5, 5.41) is -0.164. The molecule has 0 aliphatic carbocycles. The lowest BCUT2D eigenvalue weighted by Gasteiger charge is -2.29. The van der Waals surface area contributed by atoms with Gasteiger partial charge in [0.05, 0.1) is 5.38 Å². The molecule has 3 heteroatoms. The zero-order chi connectivity index (χ0) is 9.30. The number of alkyl halides is 1. The van der Waals surface area contributed by atoms with E-state index in [0.717, 1.165) is 5.57 Å². The van der Waals surface area contributed by atoms with Gasteiger partial charge in [0, 0.05) is 6.08 Å². The van der Waals surface area contributed by atoms with E-state index >= 15 is 0 Å². The average molecular weight is 189 g/mol. The van der Waals surface area contributed by atoms with Gasteiger partial charge < -0.3 is 4.74 Å². The normalized spacial score (nSPS) is 30.1. The predicted octanol–water partition coefficient (Wildman–Crippen LogP) is 2.12. The third-order valence-corrected chi connectivity index (χ3v) is 2.57. The molecular weight excluding hydrogens is 176 g/mol. The number of hydrogen-bond acceptors (Lipinski definition) is 2. The summed E-state index contributed by atoms with van der Waals surface area (Å²) in [4.78, 5) is 11.0. The van der Waals surface area contributed by atoms with Crippen LogP contribution in [0.4, 0.5) is 0 Å². The van der Waals surface area contributed by atoms with Crippen LogP contribution in [0, 0.1) is 5.92 Å². The van der Waals surface area contributed by atoms with Crippen molar-refractivity contribution in [3.8, 4) is 0 Å². The molecular formula is C9H13ClO2. The van der Waals surface area contributed by atoms with Gasteiger partial charge in [-0.2, -0.15) is 0 Å². The van der Waals surface area contributed by atoms with E-state index in [9.17, 15) is 4.79 Å². The summed E-state index contributed by atoms with van der Waals surface area (Å²) in [6, 6.07) is 0. The van der Waals surface area contributed by atoms with Crippen LogP contribution in [0.1, 0.15) is 20.8 Å². The molecule has 1 aliphatic rings. The number of carbonyl (C=O) groups excluding carboxylic acids is 1. The fourth-order valence-electron chi connectivity index (χ4n) is 1.23. The standard InChI is InChI=1S/C9H13ClO2/c1-5(2)9-8(10)6(3)4-7(11)12-9/h4-5,8-9H,1-3H3/t8-,9-/m0/s1. The van der Waals surface area contributed by atoms with Crippen molar-refractivity contribution >= 4 is 17.6 Å². The van der Waals surface area contributed by atoms with Gasteiger partial charge in [-0.05, 0) is 18.4 Å². The maximum Gasteiger partial charge on any atom is 0.331 e.